The van der Waals surface area contributed by atoms with Crippen LogP contribution in [0.5, 0.6) is 0 Å². The molecule has 0 unspecified atom stereocenters. The standard InChI is InChI=1S/C24H19NO3/c26-24(25-28-16-8-11-18-9-2-1-3-10-18)27-17-23-21-14-6-4-12-19(21)20-13-5-7-15-22(20)23/h1-7,9-10,12-15,23H,16-17H2,(H,25,26). The van der Waals surface area contributed by atoms with Crippen LogP contribution in [0, 0.1) is 11.8 Å². The molecule has 3 aromatic carbocycles. The van der Waals surface area contributed by atoms with Gasteiger partial charge in [-0.15, -0.1) is 0 Å². The van der Waals surface area contributed by atoms with Crippen molar-refractivity contribution >= 4 is 6.09 Å². The zero-order valence-electron chi connectivity index (χ0n) is 15.2. The lowest BCUT2D eigenvalue weighted by Gasteiger charge is -2.14. The van der Waals surface area contributed by atoms with E-state index in [1.807, 2.05) is 54.6 Å². The van der Waals surface area contributed by atoms with Crippen LogP contribution in [0.2, 0.25) is 0 Å². The summed E-state index contributed by atoms with van der Waals surface area (Å²) in [6.45, 7) is 0.331. The molecule has 0 atom stereocenters. The molecular weight excluding hydrogens is 350 g/mol. The zero-order chi connectivity index (χ0) is 19.2. The molecule has 0 aromatic heterocycles. The summed E-state index contributed by atoms with van der Waals surface area (Å²) in [5.74, 6) is 5.81. The van der Waals surface area contributed by atoms with Crippen LogP contribution in [0.1, 0.15) is 22.6 Å². The summed E-state index contributed by atoms with van der Waals surface area (Å²) in [5.41, 5.74) is 7.91. The van der Waals surface area contributed by atoms with E-state index in [2.05, 4.69) is 41.6 Å². The van der Waals surface area contributed by atoms with Crippen molar-refractivity contribution in [3.05, 3.63) is 95.6 Å². The van der Waals surface area contributed by atoms with Gasteiger partial charge in [-0.2, -0.15) is 5.48 Å². The molecule has 1 aliphatic carbocycles. The normalized spacial score (nSPS) is 11.7. The van der Waals surface area contributed by atoms with Crippen molar-refractivity contribution in [2.24, 2.45) is 0 Å². The largest absolute Gasteiger partial charge is 0.447 e. The van der Waals surface area contributed by atoms with Gasteiger partial charge in [-0.3, -0.25) is 4.84 Å². The molecule has 0 spiro atoms. The third kappa shape index (κ3) is 3.90. The second-order valence-corrected chi connectivity index (χ2v) is 6.38. The molecule has 0 bridgehead atoms. The predicted octanol–water partition coefficient (Wildman–Crippen LogP) is 4.51. The van der Waals surface area contributed by atoms with E-state index in [0.717, 1.165) is 5.56 Å². The van der Waals surface area contributed by atoms with Crippen molar-refractivity contribution < 1.29 is 14.4 Å². The number of hydroxylamine groups is 1. The monoisotopic (exact) mass is 369 g/mol. The SMILES string of the molecule is O=C(NOCC#Cc1ccccc1)OCC1c2ccccc2-c2ccccc21. The van der Waals surface area contributed by atoms with Gasteiger partial charge in [0.25, 0.3) is 0 Å². The highest BCUT2D eigenvalue weighted by atomic mass is 16.7. The first kappa shape index (κ1) is 17.8. The third-order valence-corrected chi connectivity index (χ3v) is 4.65. The molecule has 4 rings (SSSR count). The van der Waals surface area contributed by atoms with Crippen LogP contribution in [0.15, 0.2) is 78.9 Å². The van der Waals surface area contributed by atoms with Gasteiger partial charge in [-0.1, -0.05) is 78.6 Å². The van der Waals surface area contributed by atoms with Gasteiger partial charge in [0.1, 0.15) is 13.2 Å². The number of benzene rings is 3. The summed E-state index contributed by atoms with van der Waals surface area (Å²) in [4.78, 5) is 17.0. The van der Waals surface area contributed by atoms with Crippen LogP contribution in [-0.4, -0.2) is 19.3 Å². The van der Waals surface area contributed by atoms with E-state index < -0.39 is 6.09 Å². The number of hydrogen-bond donors (Lipinski definition) is 1. The number of fused-ring (bicyclic) bond motifs is 3. The first-order valence-electron chi connectivity index (χ1n) is 9.09. The van der Waals surface area contributed by atoms with Gasteiger partial charge in [-0.05, 0) is 34.4 Å². The Morgan fingerprint density at radius 2 is 1.46 bits per heavy atom. The molecule has 0 fully saturated rings. The zero-order valence-corrected chi connectivity index (χ0v) is 15.2. The molecule has 4 heteroatoms. The fraction of sp³-hybridized carbons (Fsp3) is 0.125. The first-order valence-corrected chi connectivity index (χ1v) is 9.09. The topological polar surface area (TPSA) is 47.6 Å². The Hall–Kier alpha value is -3.55. The number of carbonyl (C=O) groups excluding carboxylic acids is 1. The third-order valence-electron chi connectivity index (χ3n) is 4.65. The highest BCUT2D eigenvalue weighted by Gasteiger charge is 2.28. The first-order chi connectivity index (χ1) is 13.8. The molecule has 0 aliphatic heterocycles. The Morgan fingerprint density at radius 1 is 0.857 bits per heavy atom. The molecule has 0 heterocycles. The van der Waals surface area contributed by atoms with Crippen molar-refractivity contribution in [2.45, 2.75) is 5.92 Å². The Balaban J connectivity index is 1.30. The Labute approximate surface area is 164 Å². The molecule has 3 aromatic rings. The van der Waals surface area contributed by atoms with Gasteiger partial charge in [0.15, 0.2) is 0 Å². The highest BCUT2D eigenvalue weighted by molar-refractivity contribution is 5.79. The summed E-state index contributed by atoms with van der Waals surface area (Å²) in [7, 11) is 0. The second kappa shape index (κ2) is 8.43. The summed E-state index contributed by atoms with van der Waals surface area (Å²) < 4.78 is 5.38. The van der Waals surface area contributed by atoms with Crippen LogP contribution in [0.4, 0.5) is 4.79 Å². The van der Waals surface area contributed by atoms with E-state index in [9.17, 15) is 4.79 Å². The van der Waals surface area contributed by atoms with E-state index in [1.54, 1.807) is 0 Å². The van der Waals surface area contributed by atoms with Crippen molar-refractivity contribution in [3.63, 3.8) is 0 Å². The fourth-order valence-electron chi connectivity index (χ4n) is 3.42. The van der Waals surface area contributed by atoms with Crippen molar-refractivity contribution in [1.29, 1.82) is 0 Å². The maximum atomic E-state index is 12.0. The molecule has 0 radical (unpaired) electrons. The molecule has 28 heavy (non-hydrogen) atoms. The number of rotatable bonds is 4. The molecule has 1 aliphatic rings. The molecule has 1 N–H and O–H groups in total. The lowest BCUT2D eigenvalue weighted by molar-refractivity contribution is 0.0431. The maximum Gasteiger partial charge on any atom is 0.431 e. The Kier molecular flexibility index (Phi) is 5.37. The van der Waals surface area contributed by atoms with Gasteiger partial charge in [0.05, 0.1) is 0 Å². The molecule has 0 saturated carbocycles. The van der Waals surface area contributed by atoms with E-state index in [4.69, 9.17) is 9.57 Å². The average Bonchev–Trinajstić information content (AvgIpc) is 3.07. The van der Waals surface area contributed by atoms with Crippen LogP contribution in [0.25, 0.3) is 11.1 Å². The smallest absolute Gasteiger partial charge is 0.431 e. The van der Waals surface area contributed by atoms with Crippen molar-refractivity contribution in [1.82, 2.24) is 5.48 Å². The minimum absolute atomic E-state index is 0.0241. The number of hydrogen-bond acceptors (Lipinski definition) is 3. The van der Waals surface area contributed by atoms with Gasteiger partial charge in [0, 0.05) is 11.5 Å². The van der Waals surface area contributed by atoms with Crippen molar-refractivity contribution in [3.8, 4) is 23.0 Å². The van der Waals surface area contributed by atoms with Crippen LogP contribution in [-0.2, 0) is 9.57 Å². The van der Waals surface area contributed by atoms with Gasteiger partial charge >= 0.3 is 6.09 Å². The number of ether oxygens (including phenoxy) is 1. The number of carbonyl (C=O) groups is 1. The summed E-state index contributed by atoms with van der Waals surface area (Å²) in [6.07, 6.45) is -0.622. The molecule has 0 saturated heterocycles. The van der Waals surface area contributed by atoms with Crippen LogP contribution >= 0.6 is 0 Å². The predicted molar refractivity (Wildman–Crippen MR) is 107 cm³/mol. The minimum Gasteiger partial charge on any atom is -0.447 e. The minimum atomic E-state index is -0.622. The van der Waals surface area contributed by atoms with Crippen LogP contribution in [0.3, 0.4) is 0 Å². The van der Waals surface area contributed by atoms with E-state index in [-0.39, 0.29) is 19.1 Å². The lowest BCUT2D eigenvalue weighted by atomic mass is 9.98. The van der Waals surface area contributed by atoms with Gasteiger partial charge in [-0.25, -0.2) is 4.79 Å². The average molecular weight is 369 g/mol. The highest BCUT2D eigenvalue weighted by Crippen LogP contribution is 2.44. The quantitative estimate of drug-likeness (QED) is 0.418. The Bertz CT molecular complexity index is 989. The maximum absolute atomic E-state index is 12.0. The van der Waals surface area contributed by atoms with E-state index in [0.29, 0.717) is 0 Å². The lowest BCUT2D eigenvalue weighted by Crippen LogP contribution is -2.26. The summed E-state index contributed by atoms with van der Waals surface area (Å²) >= 11 is 0. The van der Waals surface area contributed by atoms with Crippen LogP contribution < -0.4 is 5.48 Å². The van der Waals surface area contributed by atoms with E-state index in [1.165, 1.54) is 22.3 Å². The molecular formula is C24H19NO3. The molecule has 1 amide bonds. The van der Waals surface area contributed by atoms with E-state index >= 15 is 0 Å². The van der Waals surface area contributed by atoms with Gasteiger partial charge in [0.2, 0.25) is 0 Å². The Morgan fingerprint density at radius 3 is 2.14 bits per heavy atom. The summed E-state index contributed by atoms with van der Waals surface area (Å²) in [6, 6.07) is 26.0. The second-order valence-electron chi connectivity index (χ2n) is 6.38. The van der Waals surface area contributed by atoms with Crippen molar-refractivity contribution in [2.75, 3.05) is 13.2 Å². The summed E-state index contributed by atoms with van der Waals surface area (Å²) in [5, 5.41) is 0. The fourth-order valence-corrected chi connectivity index (χ4v) is 3.42. The molecule has 4 nitrogen and oxygen atoms in total. The molecule has 138 valence electrons. The van der Waals surface area contributed by atoms with Gasteiger partial charge < -0.3 is 4.74 Å². The number of nitrogens with one attached hydrogen (secondary N) is 1. The number of amides is 1.